The standard InChI is InChI=1S/C12H16N4O3/c1-8-5-16(6-10-3-4-17-15-10)7-11(18-8)12-13-9(2)14-19-12/h3-4,8,11H,5-7H2,1-2H3/t8-,11-/m1/s1. The number of aromatic nitrogens is 3. The smallest absolute Gasteiger partial charge is 0.257 e. The number of nitrogens with zero attached hydrogens (tertiary/aromatic N) is 4. The van der Waals surface area contributed by atoms with Crippen LogP contribution < -0.4 is 0 Å². The van der Waals surface area contributed by atoms with Gasteiger partial charge in [-0.15, -0.1) is 0 Å². The Labute approximate surface area is 110 Å². The predicted octanol–water partition coefficient (Wildman–Crippen LogP) is 1.33. The van der Waals surface area contributed by atoms with Crippen molar-refractivity contribution in [2.24, 2.45) is 0 Å². The lowest BCUT2D eigenvalue weighted by atomic mass is 10.2. The lowest BCUT2D eigenvalue weighted by Crippen LogP contribution is -2.42. The van der Waals surface area contributed by atoms with Gasteiger partial charge in [0.25, 0.3) is 5.89 Å². The Bertz CT molecular complexity index is 525. The van der Waals surface area contributed by atoms with Crippen LogP contribution in [0.1, 0.15) is 30.4 Å². The molecule has 1 aliphatic rings. The van der Waals surface area contributed by atoms with Crippen molar-refractivity contribution in [2.45, 2.75) is 32.6 Å². The minimum Gasteiger partial charge on any atom is -0.364 e. The van der Waals surface area contributed by atoms with E-state index in [9.17, 15) is 0 Å². The van der Waals surface area contributed by atoms with Gasteiger partial charge in [0.2, 0.25) is 0 Å². The molecule has 3 rings (SSSR count). The van der Waals surface area contributed by atoms with E-state index in [1.165, 1.54) is 0 Å². The molecule has 2 atom stereocenters. The van der Waals surface area contributed by atoms with Crippen LogP contribution in [0, 0.1) is 6.92 Å². The molecule has 0 radical (unpaired) electrons. The Morgan fingerprint density at radius 3 is 2.95 bits per heavy atom. The highest BCUT2D eigenvalue weighted by molar-refractivity contribution is 4.98. The van der Waals surface area contributed by atoms with Crippen molar-refractivity contribution in [1.29, 1.82) is 0 Å². The van der Waals surface area contributed by atoms with Gasteiger partial charge in [0.05, 0.1) is 11.8 Å². The Balaban J connectivity index is 1.70. The molecule has 1 saturated heterocycles. The zero-order valence-electron chi connectivity index (χ0n) is 10.9. The van der Waals surface area contributed by atoms with Gasteiger partial charge in [-0.25, -0.2) is 0 Å². The first kappa shape index (κ1) is 12.3. The summed E-state index contributed by atoms with van der Waals surface area (Å²) in [4.78, 5) is 6.48. The van der Waals surface area contributed by atoms with Crippen molar-refractivity contribution in [3.63, 3.8) is 0 Å². The van der Waals surface area contributed by atoms with Crippen molar-refractivity contribution in [1.82, 2.24) is 20.2 Å². The van der Waals surface area contributed by atoms with Gasteiger partial charge in [-0.1, -0.05) is 10.3 Å². The first-order valence-electron chi connectivity index (χ1n) is 6.28. The van der Waals surface area contributed by atoms with Crippen LogP contribution in [0.3, 0.4) is 0 Å². The first-order chi connectivity index (χ1) is 9.20. The molecule has 0 bridgehead atoms. The number of hydrogen-bond acceptors (Lipinski definition) is 7. The van der Waals surface area contributed by atoms with Crippen LogP contribution in [0.5, 0.6) is 0 Å². The third kappa shape index (κ3) is 2.82. The third-order valence-corrected chi connectivity index (χ3v) is 3.03. The highest BCUT2D eigenvalue weighted by Gasteiger charge is 2.30. The van der Waals surface area contributed by atoms with Crippen LogP contribution in [0.25, 0.3) is 0 Å². The van der Waals surface area contributed by atoms with Gasteiger partial charge in [0.1, 0.15) is 12.4 Å². The van der Waals surface area contributed by atoms with Gasteiger partial charge in [-0.3, -0.25) is 4.90 Å². The van der Waals surface area contributed by atoms with Crippen LogP contribution >= 0.6 is 0 Å². The molecule has 102 valence electrons. The normalized spacial score (nSPS) is 24.7. The molecule has 0 amide bonds. The van der Waals surface area contributed by atoms with Crippen molar-refractivity contribution in [3.8, 4) is 0 Å². The zero-order chi connectivity index (χ0) is 13.2. The molecule has 7 nitrogen and oxygen atoms in total. The van der Waals surface area contributed by atoms with Crippen molar-refractivity contribution < 1.29 is 13.8 Å². The fraction of sp³-hybridized carbons (Fsp3) is 0.583. The quantitative estimate of drug-likeness (QED) is 0.827. The van der Waals surface area contributed by atoms with Gasteiger partial charge < -0.3 is 13.8 Å². The maximum Gasteiger partial charge on any atom is 0.257 e. The summed E-state index contributed by atoms with van der Waals surface area (Å²) in [7, 11) is 0. The predicted molar refractivity (Wildman–Crippen MR) is 64.1 cm³/mol. The summed E-state index contributed by atoms with van der Waals surface area (Å²) in [5.41, 5.74) is 0.912. The molecule has 19 heavy (non-hydrogen) atoms. The lowest BCUT2D eigenvalue weighted by molar-refractivity contribution is -0.0934. The second-order valence-electron chi connectivity index (χ2n) is 4.80. The highest BCUT2D eigenvalue weighted by atomic mass is 16.5. The van der Waals surface area contributed by atoms with E-state index in [-0.39, 0.29) is 12.2 Å². The average Bonchev–Trinajstić information content (AvgIpc) is 3.00. The minimum atomic E-state index is -0.183. The number of aryl methyl sites for hydroxylation is 1. The van der Waals surface area contributed by atoms with Crippen molar-refractivity contribution in [3.05, 3.63) is 29.7 Å². The van der Waals surface area contributed by atoms with E-state index in [1.807, 2.05) is 13.0 Å². The summed E-state index contributed by atoms with van der Waals surface area (Å²) >= 11 is 0. The molecule has 7 heteroatoms. The minimum absolute atomic E-state index is 0.109. The second kappa shape index (κ2) is 5.10. The molecule has 0 spiro atoms. The zero-order valence-corrected chi connectivity index (χ0v) is 10.9. The number of morpholine rings is 1. The molecule has 1 fully saturated rings. The van der Waals surface area contributed by atoms with E-state index < -0.39 is 0 Å². The van der Waals surface area contributed by atoms with E-state index in [0.717, 1.165) is 18.8 Å². The number of hydrogen-bond donors (Lipinski definition) is 0. The lowest BCUT2D eigenvalue weighted by Gasteiger charge is -2.34. The molecule has 0 N–H and O–H groups in total. The topological polar surface area (TPSA) is 77.4 Å². The van der Waals surface area contributed by atoms with Crippen LogP contribution in [0.4, 0.5) is 0 Å². The largest absolute Gasteiger partial charge is 0.364 e. The van der Waals surface area contributed by atoms with E-state index in [0.29, 0.717) is 18.3 Å². The monoisotopic (exact) mass is 264 g/mol. The third-order valence-electron chi connectivity index (χ3n) is 3.03. The summed E-state index contributed by atoms with van der Waals surface area (Å²) in [5, 5.41) is 7.73. The molecule has 0 unspecified atom stereocenters. The van der Waals surface area contributed by atoms with Gasteiger partial charge in [0, 0.05) is 25.7 Å². The first-order valence-corrected chi connectivity index (χ1v) is 6.28. The van der Waals surface area contributed by atoms with E-state index in [1.54, 1.807) is 13.2 Å². The van der Waals surface area contributed by atoms with Gasteiger partial charge in [0.15, 0.2) is 5.82 Å². The maximum absolute atomic E-state index is 5.85. The summed E-state index contributed by atoms with van der Waals surface area (Å²) < 4.78 is 15.9. The molecular formula is C12H16N4O3. The second-order valence-corrected chi connectivity index (χ2v) is 4.80. The summed E-state index contributed by atoms with van der Waals surface area (Å²) in [5.74, 6) is 1.16. The molecule has 2 aromatic heterocycles. The number of rotatable bonds is 3. The Morgan fingerprint density at radius 2 is 2.26 bits per heavy atom. The van der Waals surface area contributed by atoms with Crippen LogP contribution in [-0.2, 0) is 11.3 Å². The molecule has 3 heterocycles. The molecule has 0 saturated carbocycles. The maximum atomic E-state index is 5.85. The highest BCUT2D eigenvalue weighted by Crippen LogP contribution is 2.24. The summed E-state index contributed by atoms with van der Waals surface area (Å²) in [6.07, 6.45) is 1.51. The van der Waals surface area contributed by atoms with E-state index in [4.69, 9.17) is 13.8 Å². The fourth-order valence-electron chi connectivity index (χ4n) is 2.30. The van der Waals surface area contributed by atoms with Gasteiger partial charge >= 0.3 is 0 Å². The van der Waals surface area contributed by atoms with Crippen molar-refractivity contribution >= 4 is 0 Å². The average molecular weight is 264 g/mol. The Kier molecular flexibility index (Phi) is 3.31. The molecular weight excluding hydrogens is 248 g/mol. The number of ether oxygens (including phenoxy) is 1. The Hall–Kier alpha value is -1.73. The fourth-order valence-corrected chi connectivity index (χ4v) is 2.30. The van der Waals surface area contributed by atoms with E-state index in [2.05, 4.69) is 20.2 Å². The van der Waals surface area contributed by atoms with Gasteiger partial charge in [-0.05, 0) is 13.8 Å². The van der Waals surface area contributed by atoms with E-state index >= 15 is 0 Å². The van der Waals surface area contributed by atoms with Crippen LogP contribution in [-0.4, -0.2) is 39.4 Å². The van der Waals surface area contributed by atoms with Crippen LogP contribution in [0.2, 0.25) is 0 Å². The SMILES string of the molecule is Cc1noc([C@H]2CN(Cc3ccon3)C[C@@H](C)O2)n1. The molecule has 0 aliphatic carbocycles. The van der Waals surface area contributed by atoms with Crippen LogP contribution in [0.15, 0.2) is 21.4 Å². The van der Waals surface area contributed by atoms with Gasteiger partial charge in [-0.2, -0.15) is 4.98 Å². The molecule has 0 aromatic carbocycles. The Morgan fingerprint density at radius 1 is 1.37 bits per heavy atom. The molecule has 2 aromatic rings. The summed E-state index contributed by atoms with van der Waals surface area (Å²) in [6.45, 7) is 6.11. The summed E-state index contributed by atoms with van der Waals surface area (Å²) in [6, 6.07) is 1.87. The molecule has 1 aliphatic heterocycles. The van der Waals surface area contributed by atoms with Crippen molar-refractivity contribution in [2.75, 3.05) is 13.1 Å².